The number of carbonyl (C=O) groups is 6. The van der Waals surface area contributed by atoms with Crippen LogP contribution in [0.25, 0.3) is 0 Å². The Morgan fingerprint density at radius 3 is 1.62 bits per heavy atom. The van der Waals surface area contributed by atoms with Crippen LogP contribution in [0.1, 0.15) is 87.9 Å². The van der Waals surface area contributed by atoms with Gasteiger partial charge >= 0.3 is 0 Å². The molecule has 0 saturated carbocycles. The van der Waals surface area contributed by atoms with Crippen molar-refractivity contribution in [1.29, 1.82) is 0 Å². The standard InChI is InChI=1S/C48H45N3O14/c1-51(2)37-27-18-23-17-26-21(12-14-29(53)34(26)39(56)32(23)42(59)48(27,65)44(61)36(40(37)57)46(50)63)10-8-6-4-3-5-7-9-20-11-13-28(52)33-25(20)16-22-15-24-19-30(54)35(45(49)62)43(60)47(24,64)41(58)31(22)38(33)55/h11-14,22-24,27,37,52-54,57-59,64-65H,3-6,15-19H2,1-2H3,(H2,49,62)(H2,50,63)/t22-,23+,24+,27+,37+,47+,48+/m1/s1. The Morgan fingerprint density at radius 2 is 1.14 bits per heavy atom. The number of unbranched alkanes of at least 4 members (excludes halogenated alkanes) is 3. The van der Waals surface area contributed by atoms with Crippen LogP contribution in [-0.4, -0.2) is 112 Å². The van der Waals surface area contributed by atoms with Gasteiger partial charge in [-0.05, 0) is 99.8 Å². The van der Waals surface area contributed by atoms with Gasteiger partial charge in [0.25, 0.3) is 11.8 Å². The Bertz CT molecular complexity index is 2860. The number of ketones is 4. The molecule has 2 amide bonds. The lowest BCUT2D eigenvalue weighted by molar-refractivity contribution is -0.148. The highest BCUT2D eigenvalue weighted by Crippen LogP contribution is 2.54. The minimum absolute atomic E-state index is 0.00819. The molecule has 0 spiro atoms. The third kappa shape index (κ3) is 6.52. The number of Topliss-reactive ketones (excluding diaryl/α,β-unsaturated/α-hetero) is 4. The van der Waals surface area contributed by atoms with Gasteiger partial charge in [0.2, 0.25) is 11.6 Å². The molecular weight excluding hydrogens is 843 g/mol. The van der Waals surface area contributed by atoms with Gasteiger partial charge in [-0.25, -0.2) is 0 Å². The summed E-state index contributed by atoms with van der Waals surface area (Å²) in [6.07, 6.45) is 1.86. The Morgan fingerprint density at radius 1 is 0.677 bits per heavy atom. The van der Waals surface area contributed by atoms with Crippen LogP contribution in [0.3, 0.4) is 0 Å². The number of allylic oxidation sites excluding steroid dienone is 3. The molecule has 12 N–H and O–H groups in total. The zero-order valence-electron chi connectivity index (χ0n) is 35.2. The van der Waals surface area contributed by atoms with Crippen molar-refractivity contribution in [3.8, 4) is 35.2 Å². The highest BCUT2D eigenvalue weighted by Gasteiger charge is 2.64. The minimum atomic E-state index is -2.74. The molecule has 0 unspecified atom stereocenters. The van der Waals surface area contributed by atoms with E-state index in [1.807, 2.05) is 0 Å². The lowest BCUT2D eigenvalue weighted by atomic mass is 9.58. The van der Waals surface area contributed by atoms with Crippen molar-refractivity contribution in [3.63, 3.8) is 0 Å². The fraction of sp³-hybridized carbons (Fsp3) is 0.375. The second kappa shape index (κ2) is 15.8. The quantitative estimate of drug-likeness (QED) is 0.113. The maximum Gasteiger partial charge on any atom is 0.255 e. The third-order valence-electron chi connectivity index (χ3n) is 13.9. The van der Waals surface area contributed by atoms with Gasteiger partial charge in [-0.2, -0.15) is 0 Å². The van der Waals surface area contributed by atoms with E-state index in [4.69, 9.17) is 11.5 Å². The second-order valence-electron chi connectivity index (χ2n) is 17.7. The van der Waals surface area contributed by atoms with Crippen LogP contribution in [0.4, 0.5) is 0 Å². The first-order valence-corrected chi connectivity index (χ1v) is 21.0. The summed E-state index contributed by atoms with van der Waals surface area (Å²) in [6, 6.07) is 4.60. The highest BCUT2D eigenvalue weighted by atomic mass is 16.4. The molecule has 0 aliphatic heterocycles. The number of aliphatic hydroxyl groups excluding tert-OH is 4. The molecule has 0 aromatic heterocycles. The summed E-state index contributed by atoms with van der Waals surface area (Å²) in [5.41, 5.74) is 4.48. The number of rotatable bonds is 6. The van der Waals surface area contributed by atoms with E-state index in [0.29, 0.717) is 47.9 Å². The normalized spacial score (nSPS) is 28.0. The number of fused-ring (bicyclic) bond motifs is 6. The zero-order chi connectivity index (χ0) is 47.2. The molecule has 336 valence electrons. The predicted octanol–water partition coefficient (Wildman–Crippen LogP) is 1.98. The summed E-state index contributed by atoms with van der Waals surface area (Å²) >= 11 is 0. The Labute approximate surface area is 371 Å². The lowest BCUT2D eigenvalue weighted by Gasteiger charge is -2.50. The number of aromatic hydroxyl groups is 2. The monoisotopic (exact) mass is 887 g/mol. The smallest absolute Gasteiger partial charge is 0.255 e. The number of hydrogen-bond acceptors (Lipinski definition) is 15. The molecule has 0 fully saturated rings. The van der Waals surface area contributed by atoms with E-state index in [-0.39, 0.29) is 60.1 Å². The van der Waals surface area contributed by atoms with Crippen LogP contribution in [0, 0.1) is 47.4 Å². The van der Waals surface area contributed by atoms with Crippen molar-refractivity contribution in [2.75, 3.05) is 14.1 Å². The number of nitrogens with two attached hydrogens (primary N) is 2. The first-order valence-electron chi connectivity index (χ1n) is 21.0. The van der Waals surface area contributed by atoms with Crippen molar-refractivity contribution in [2.24, 2.45) is 35.1 Å². The van der Waals surface area contributed by atoms with Crippen LogP contribution in [0.15, 0.2) is 69.6 Å². The van der Waals surface area contributed by atoms with Crippen molar-refractivity contribution < 1.29 is 69.6 Å². The Kier molecular flexibility index (Phi) is 10.8. The van der Waals surface area contributed by atoms with Crippen LogP contribution < -0.4 is 11.5 Å². The van der Waals surface area contributed by atoms with Crippen molar-refractivity contribution >= 4 is 34.9 Å². The van der Waals surface area contributed by atoms with Crippen molar-refractivity contribution in [2.45, 2.75) is 75.0 Å². The van der Waals surface area contributed by atoms with Crippen LogP contribution in [0.2, 0.25) is 0 Å². The molecule has 0 heterocycles. The SMILES string of the molecule is CN(C)[C@@H]1C(O)=C(C(N)=O)C(=O)[C@@]2(O)C(O)=C3C(=O)c4c(O)ccc(C#CCCCCC#Cc5ccc(O)c6c5C[C@H]5C[C@H]7CC(O)=C(C(N)=O)C(=O)[C@@]7(O)C(O)=C5C6=O)c4C[C@H]3C[C@@H]12. The molecule has 0 saturated heterocycles. The first kappa shape index (κ1) is 44.4. The van der Waals surface area contributed by atoms with Gasteiger partial charge in [-0.1, -0.05) is 23.7 Å². The summed E-state index contributed by atoms with van der Waals surface area (Å²) in [5, 5.41) is 89.1. The maximum atomic E-state index is 14.0. The summed E-state index contributed by atoms with van der Waals surface area (Å²) in [5.74, 6) is -2.10. The van der Waals surface area contributed by atoms with Crippen molar-refractivity contribution in [1.82, 2.24) is 4.90 Å². The largest absolute Gasteiger partial charge is 0.511 e. The molecule has 17 heteroatoms. The van der Waals surface area contributed by atoms with E-state index in [1.165, 1.54) is 17.0 Å². The molecule has 2 aromatic rings. The average molecular weight is 888 g/mol. The maximum absolute atomic E-state index is 14.0. The summed E-state index contributed by atoms with van der Waals surface area (Å²) in [7, 11) is 3.10. The number of phenols is 2. The van der Waals surface area contributed by atoms with Crippen LogP contribution in [0.5, 0.6) is 11.5 Å². The van der Waals surface area contributed by atoms with E-state index in [1.54, 1.807) is 26.2 Å². The van der Waals surface area contributed by atoms with E-state index in [2.05, 4.69) is 23.7 Å². The number of benzene rings is 2. The first-order chi connectivity index (χ1) is 30.7. The van der Waals surface area contributed by atoms with Crippen LogP contribution in [-0.2, 0) is 32.0 Å². The summed E-state index contributed by atoms with van der Waals surface area (Å²) in [6.45, 7) is 0. The van der Waals surface area contributed by atoms with E-state index < -0.39 is 116 Å². The third-order valence-corrected chi connectivity index (χ3v) is 13.9. The fourth-order valence-electron chi connectivity index (χ4n) is 10.8. The number of amides is 2. The van der Waals surface area contributed by atoms with Gasteiger partial charge in [0.05, 0.1) is 17.2 Å². The molecule has 2 aromatic carbocycles. The molecule has 7 atom stereocenters. The molecular formula is C48H45N3O14. The van der Waals surface area contributed by atoms with Gasteiger partial charge in [-0.3, -0.25) is 33.7 Å². The number of primary amides is 2. The molecule has 17 nitrogen and oxygen atoms in total. The predicted molar refractivity (Wildman–Crippen MR) is 227 cm³/mol. The van der Waals surface area contributed by atoms with Gasteiger partial charge in [0, 0.05) is 53.4 Å². The van der Waals surface area contributed by atoms with E-state index in [0.717, 1.165) is 0 Å². The highest BCUT2D eigenvalue weighted by molar-refractivity contribution is 6.25. The second-order valence-corrected chi connectivity index (χ2v) is 17.7. The van der Waals surface area contributed by atoms with Gasteiger partial charge in [0.1, 0.15) is 45.7 Å². The molecule has 6 aliphatic carbocycles. The molecule has 6 aliphatic rings. The number of aliphatic hydroxyl groups is 6. The number of phenolic OH excluding ortho intramolecular Hbond substituents is 2. The zero-order valence-corrected chi connectivity index (χ0v) is 35.2. The number of carbonyl (C=O) groups excluding carboxylic acids is 6. The summed E-state index contributed by atoms with van der Waals surface area (Å²) < 4.78 is 0. The average Bonchev–Trinajstić information content (AvgIpc) is 3.22. The Hall–Kier alpha value is -7.18. The van der Waals surface area contributed by atoms with Gasteiger partial charge in [-0.15, -0.1) is 0 Å². The number of nitrogens with zero attached hydrogens (tertiary/aromatic N) is 1. The van der Waals surface area contributed by atoms with Crippen molar-refractivity contribution in [3.05, 3.63) is 103 Å². The van der Waals surface area contributed by atoms with Gasteiger partial charge in [0.15, 0.2) is 22.8 Å². The van der Waals surface area contributed by atoms with E-state index >= 15 is 0 Å². The Balaban J connectivity index is 0.968. The van der Waals surface area contributed by atoms with E-state index in [9.17, 15) is 69.6 Å². The molecule has 8 rings (SSSR count). The molecule has 65 heavy (non-hydrogen) atoms. The fourth-order valence-corrected chi connectivity index (χ4v) is 10.8. The summed E-state index contributed by atoms with van der Waals surface area (Å²) in [4.78, 5) is 80.3. The van der Waals surface area contributed by atoms with Crippen LogP contribution >= 0.6 is 0 Å². The number of likely N-dealkylation sites (N-methyl/N-ethyl adjacent to an activating group) is 1. The lowest BCUT2D eigenvalue weighted by Crippen LogP contribution is -2.63. The molecule has 0 radical (unpaired) electrons. The molecule has 0 bridgehead atoms. The van der Waals surface area contributed by atoms with Gasteiger partial charge < -0.3 is 52.3 Å². The topological polar surface area (TPSA) is 320 Å². The number of hydrogen-bond donors (Lipinski definition) is 10. The minimum Gasteiger partial charge on any atom is -0.511 e.